The van der Waals surface area contributed by atoms with E-state index in [-0.39, 0.29) is 5.91 Å². The van der Waals surface area contributed by atoms with Gasteiger partial charge in [0.25, 0.3) is 0 Å². The zero-order valence-corrected chi connectivity index (χ0v) is 9.16. The van der Waals surface area contributed by atoms with Gasteiger partial charge in [0, 0.05) is 13.1 Å². The van der Waals surface area contributed by atoms with Gasteiger partial charge in [-0.15, -0.1) is 0 Å². The topological polar surface area (TPSA) is 42.0 Å². The minimum Gasteiger partial charge on any atom is -0.311 e. The fraction of sp³-hybridized carbons (Fsp3) is 0.333. The number of allylic oxidation sites excluding steroid dienone is 1. The Hall–Kier alpha value is -1.64. The summed E-state index contributed by atoms with van der Waals surface area (Å²) >= 11 is 0. The van der Waals surface area contributed by atoms with Gasteiger partial charge < -0.3 is 5.32 Å². The maximum Gasteiger partial charge on any atom is 0.222 e. The lowest BCUT2D eigenvalue weighted by Crippen LogP contribution is -2.06. The molecule has 0 saturated carbocycles. The number of hydrogen-bond acceptors (Lipinski definition) is 2. The van der Waals surface area contributed by atoms with E-state index in [0.717, 1.165) is 18.4 Å². The van der Waals surface area contributed by atoms with Crippen molar-refractivity contribution in [1.29, 1.82) is 0 Å². The Morgan fingerprint density at radius 1 is 1.53 bits per heavy atom. The number of unbranched alkanes of at least 4 members (excludes halogenated alkanes) is 1. The van der Waals surface area contributed by atoms with Gasteiger partial charge >= 0.3 is 0 Å². The minimum atomic E-state index is -0.100. The maximum absolute atomic E-state index is 10.7. The van der Waals surface area contributed by atoms with Crippen molar-refractivity contribution in [3.05, 3.63) is 30.0 Å². The molecule has 0 saturated heterocycles. The lowest BCUT2D eigenvalue weighted by Gasteiger charge is -2.00. The van der Waals surface area contributed by atoms with Crippen molar-refractivity contribution in [2.75, 3.05) is 5.32 Å². The van der Waals surface area contributed by atoms with Gasteiger partial charge in [0.2, 0.25) is 5.91 Å². The molecule has 0 radical (unpaired) electrons. The number of carbonyl (C=O) groups excluding carboxylic acids is 1. The third kappa shape index (κ3) is 4.40. The number of nitrogens with zero attached hydrogens (tertiary/aromatic N) is 1. The van der Waals surface area contributed by atoms with Crippen LogP contribution < -0.4 is 5.32 Å². The molecule has 0 aliphatic rings. The molecule has 1 rings (SSSR count). The van der Waals surface area contributed by atoms with Crippen LogP contribution in [0.1, 0.15) is 32.3 Å². The molecule has 1 amide bonds. The van der Waals surface area contributed by atoms with E-state index in [1.165, 1.54) is 6.92 Å². The molecular formula is C12H16N2O. The molecular weight excluding hydrogens is 188 g/mol. The fourth-order valence-electron chi connectivity index (χ4n) is 1.14. The molecule has 1 heterocycles. The first-order valence-electron chi connectivity index (χ1n) is 5.12. The number of rotatable bonds is 4. The van der Waals surface area contributed by atoms with E-state index >= 15 is 0 Å². The zero-order chi connectivity index (χ0) is 11.1. The minimum absolute atomic E-state index is 0.100. The number of pyridine rings is 1. The van der Waals surface area contributed by atoms with E-state index in [4.69, 9.17) is 0 Å². The number of carbonyl (C=O) groups is 1. The molecule has 3 nitrogen and oxygen atoms in total. The molecule has 0 atom stereocenters. The smallest absolute Gasteiger partial charge is 0.222 e. The fourth-order valence-corrected chi connectivity index (χ4v) is 1.14. The Bertz CT molecular complexity index is 341. The summed E-state index contributed by atoms with van der Waals surface area (Å²) in [5.41, 5.74) is 1.05. The molecule has 1 aromatic rings. The molecule has 0 unspecified atom stereocenters. The standard InChI is InChI=1S/C12H16N2O/c1-3-4-5-6-11-7-8-12(13-9-11)14-10(2)15/h5-9H,3-4H2,1-2H3,(H,13,14,15). The first-order chi connectivity index (χ1) is 7.22. The van der Waals surface area contributed by atoms with Crippen LogP contribution in [-0.4, -0.2) is 10.9 Å². The predicted octanol–water partition coefficient (Wildman–Crippen LogP) is 2.85. The van der Waals surface area contributed by atoms with Crippen molar-refractivity contribution in [2.45, 2.75) is 26.7 Å². The SMILES string of the molecule is CCCC=Cc1ccc(NC(C)=O)nc1. The highest BCUT2D eigenvalue weighted by atomic mass is 16.1. The molecule has 80 valence electrons. The number of hydrogen-bond donors (Lipinski definition) is 1. The predicted molar refractivity (Wildman–Crippen MR) is 62.5 cm³/mol. The molecule has 0 fully saturated rings. The van der Waals surface area contributed by atoms with Crippen LogP contribution in [0.3, 0.4) is 0 Å². The number of aromatic nitrogens is 1. The molecule has 15 heavy (non-hydrogen) atoms. The van der Waals surface area contributed by atoms with Crippen LogP contribution in [0.25, 0.3) is 6.08 Å². The van der Waals surface area contributed by atoms with Crippen LogP contribution in [0.2, 0.25) is 0 Å². The number of amides is 1. The monoisotopic (exact) mass is 204 g/mol. The Morgan fingerprint density at radius 2 is 2.33 bits per heavy atom. The second-order valence-electron chi connectivity index (χ2n) is 3.35. The Kier molecular flexibility index (Phi) is 4.54. The third-order valence-electron chi connectivity index (χ3n) is 1.86. The van der Waals surface area contributed by atoms with Gasteiger partial charge in [-0.05, 0) is 24.1 Å². The van der Waals surface area contributed by atoms with Crippen LogP contribution in [-0.2, 0) is 4.79 Å². The molecule has 0 aromatic carbocycles. The third-order valence-corrected chi connectivity index (χ3v) is 1.86. The first kappa shape index (κ1) is 11.4. The van der Waals surface area contributed by atoms with Crippen LogP contribution in [0.15, 0.2) is 24.4 Å². The number of nitrogens with one attached hydrogen (secondary N) is 1. The summed E-state index contributed by atoms with van der Waals surface area (Å²) in [4.78, 5) is 14.9. The Balaban J connectivity index is 2.60. The van der Waals surface area contributed by atoms with Crippen molar-refractivity contribution < 1.29 is 4.79 Å². The van der Waals surface area contributed by atoms with Crippen LogP contribution in [0.4, 0.5) is 5.82 Å². The quantitative estimate of drug-likeness (QED) is 0.819. The average Bonchev–Trinajstić information content (AvgIpc) is 2.20. The summed E-state index contributed by atoms with van der Waals surface area (Å²) < 4.78 is 0. The van der Waals surface area contributed by atoms with Crippen molar-refractivity contribution in [1.82, 2.24) is 4.98 Å². The molecule has 0 bridgehead atoms. The summed E-state index contributed by atoms with van der Waals surface area (Å²) in [5.74, 6) is 0.493. The highest BCUT2D eigenvalue weighted by molar-refractivity contribution is 5.87. The van der Waals surface area contributed by atoms with E-state index in [9.17, 15) is 4.79 Å². The molecule has 0 aliphatic heterocycles. The number of anilines is 1. The van der Waals surface area contributed by atoms with Gasteiger partial charge in [0.15, 0.2) is 0 Å². The van der Waals surface area contributed by atoms with E-state index in [1.807, 2.05) is 12.1 Å². The second-order valence-corrected chi connectivity index (χ2v) is 3.35. The van der Waals surface area contributed by atoms with Gasteiger partial charge in [-0.2, -0.15) is 0 Å². The lowest BCUT2D eigenvalue weighted by molar-refractivity contribution is -0.114. The van der Waals surface area contributed by atoms with Crippen molar-refractivity contribution in [2.24, 2.45) is 0 Å². The van der Waals surface area contributed by atoms with Crippen LogP contribution >= 0.6 is 0 Å². The van der Waals surface area contributed by atoms with Gasteiger partial charge in [0.05, 0.1) is 0 Å². The highest BCUT2D eigenvalue weighted by Crippen LogP contribution is 2.07. The van der Waals surface area contributed by atoms with Crippen LogP contribution in [0, 0.1) is 0 Å². The molecule has 0 spiro atoms. The second kappa shape index (κ2) is 5.96. The van der Waals surface area contributed by atoms with Gasteiger partial charge in [-0.25, -0.2) is 4.98 Å². The highest BCUT2D eigenvalue weighted by Gasteiger charge is 1.95. The first-order valence-corrected chi connectivity index (χ1v) is 5.12. The van der Waals surface area contributed by atoms with E-state index in [2.05, 4.69) is 23.3 Å². The summed E-state index contributed by atoms with van der Waals surface area (Å²) in [7, 11) is 0. The Morgan fingerprint density at radius 3 is 2.87 bits per heavy atom. The van der Waals surface area contributed by atoms with Gasteiger partial charge in [0.1, 0.15) is 5.82 Å². The van der Waals surface area contributed by atoms with E-state index < -0.39 is 0 Å². The molecule has 1 N–H and O–H groups in total. The van der Waals surface area contributed by atoms with Crippen LogP contribution in [0.5, 0.6) is 0 Å². The molecule has 0 aliphatic carbocycles. The van der Waals surface area contributed by atoms with E-state index in [0.29, 0.717) is 5.82 Å². The average molecular weight is 204 g/mol. The van der Waals surface area contributed by atoms with Gasteiger partial charge in [-0.3, -0.25) is 4.79 Å². The molecule has 1 aromatic heterocycles. The summed E-state index contributed by atoms with van der Waals surface area (Å²) in [6, 6.07) is 3.73. The van der Waals surface area contributed by atoms with Crippen molar-refractivity contribution in [3.8, 4) is 0 Å². The zero-order valence-electron chi connectivity index (χ0n) is 9.16. The van der Waals surface area contributed by atoms with Crippen molar-refractivity contribution in [3.63, 3.8) is 0 Å². The molecule has 3 heteroatoms. The lowest BCUT2D eigenvalue weighted by atomic mass is 10.2. The van der Waals surface area contributed by atoms with Gasteiger partial charge in [-0.1, -0.05) is 25.5 Å². The Labute approximate surface area is 90.2 Å². The largest absolute Gasteiger partial charge is 0.311 e. The van der Waals surface area contributed by atoms with E-state index in [1.54, 1.807) is 12.3 Å². The normalized spacial score (nSPS) is 10.5. The maximum atomic E-state index is 10.7. The summed E-state index contributed by atoms with van der Waals surface area (Å²) in [6.07, 6.45) is 8.13. The summed E-state index contributed by atoms with van der Waals surface area (Å²) in [6.45, 7) is 3.61. The van der Waals surface area contributed by atoms with Crippen molar-refractivity contribution >= 4 is 17.8 Å². The summed E-state index contributed by atoms with van der Waals surface area (Å²) in [5, 5.41) is 2.63.